The Labute approximate surface area is 181 Å². The van der Waals surface area contributed by atoms with Crippen LogP contribution in [-0.2, 0) is 19.1 Å². The van der Waals surface area contributed by atoms with Gasteiger partial charge < -0.3 is 14.6 Å². The molecule has 5 heteroatoms. The van der Waals surface area contributed by atoms with Gasteiger partial charge in [-0.1, -0.05) is 45.9 Å². The highest BCUT2D eigenvalue weighted by molar-refractivity contribution is 5.72. The van der Waals surface area contributed by atoms with E-state index in [1.807, 2.05) is 6.92 Å². The van der Waals surface area contributed by atoms with Crippen molar-refractivity contribution in [3.8, 4) is 0 Å². The van der Waals surface area contributed by atoms with E-state index in [1.165, 1.54) is 0 Å². The van der Waals surface area contributed by atoms with E-state index in [-0.39, 0.29) is 36.5 Å². The molecule has 0 aromatic carbocycles. The van der Waals surface area contributed by atoms with Crippen molar-refractivity contribution in [1.29, 1.82) is 0 Å². The molecule has 0 radical (unpaired) electrons. The first-order valence-corrected chi connectivity index (χ1v) is 10.7. The summed E-state index contributed by atoms with van der Waals surface area (Å²) in [6.45, 7) is 3.37. The molecule has 1 saturated heterocycles. The Bertz CT molecular complexity index is 836. The van der Waals surface area contributed by atoms with Gasteiger partial charge in [-0.15, -0.1) is 0 Å². The van der Waals surface area contributed by atoms with Crippen LogP contribution >= 0.6 is 0 Å². The summed E-state index contributed by atoms with van der Waals surface area (Å²) in [6.07, 6.45) is 3.39. The molecule has 0 saturated carbocycles. The number of carbonyl (C=O) groups is 2. The van der Waals surface area contributed by atoms with Crippen LogP contribution in [0.15, 0.2) is 23.8 Å². The van der Waals surface area contributed by atoms with Gasteiger partial charge in [0.1, 0.15) is 12.2 Å². The van der Waals surface area contributed by atoms with Gasteiger partial charge in [0.05, 0.1) is 18.4 Å². The maximum Gasteiger partial charge on any atom is 0.308 e. The predicted octanol–water partition coefficient (Wildman–Crippen LogP) is 4.20. The van der Waals surface area contributed by atoms with Gasteiger partial charge in [-0.2, -0.15) is 0 Å². The Kier molecular flexibility index (Phi) is 5.26. The Morgan fingerprint density at radius 1 is 1.41 bits per heavy atom. The number of aliphatic hydroxyl groups excluding tert-OH is 1. The lowest BCUT2D eigenvalue weighted by molar-refractivity contribution is -0.162. The molecule has 0 amide bonds. The Morgan fingerprint density at radius 3 is 2.90 bits per heavy atom. The number of esters is 2. The lowest BCUT2D eigenvalue weighted by Gasteiger charge is -2.43. The van der Waals surface area contributed by atoms with Gasteiger partial charge in [0.2, 0.25) is 0 Å². The third-order valence-corrected chi connectivity index (χ3v) is 6.42. The van der Waals surface area contributed by atoms with Gasteiger partial charge in [-0.3, -0.25) is 9.59 Å². The third kappa shape index (κ3) is 5.30. The molecule has 1 N–H and O–H groups in total. The summed E-state index contributed by atoms with van der Waals surface area (Å²) in [5.41, 5.74) is 1.07. The van der Waals surface area contributed by atoms with E-state index in [1.54, 1.807) is 6.92 Å². The number of allylic oxidation sites excluding steroid dienone is 3. The first-order chi connectivity index (χ1) is 15.8. The zero-order chi connectivity index (χ0) is 25.4. The molecule has 8 atom stereocenters. The Hall–Kier alpha value is -1.62. The fraction of sp³-hybridized carbons (Fsp3) is 0.750. The highest BCUT2D eigenvalue weighted by atomic mass is 16.5. The van der Waals surface area contributed by atoms with Crippen LogP contribution in [0.2, 0.25) is 0 Å². The van der Waals surface area contributed by atoms with Crippen molar-refractivity contribution in [3.05, 3.63) is 23.8 Å². The van der Waals surface area contributed by atoms with Gasteiger partial charge in [0, 0.05) is 19.2 Å². The normalized spacial score (nSPS) is 42.6. The number of carbonyl (C=O) groups excluding carboxylic acids is 2. The second-order valence-corrected chi connectivity index (χ2v) is 8.72. The third-order valence-electron chi connectivity index (χ3n) is 6.42. The average molecular weight is 410 g/mol. The van der Waals surface area contributed by atoms with Gasteiger partial charge >= 0.3 is 11.9 Å². The first-order valence-electron chi connectivity index (χ1n) is 13.2. The van der Waals surface area contributed by atoms with Gasteiger partial charge in [-0.25, -0.2) is 0 Å². The molecule has 0 aromatic rings. The number of cyclic esters (lactones) is 1. The quantitative estimate of drug-likeness (QED) is 0.666. The molecule has 162 valence electrons. The second kappa shape index (κ2) is 9.46. The molecule has 29 heavy (non-hydrogen) atoms. The Balaban J connectivity index is 1.77. The van der Waals surface area contributed by atoms with Crippen LogP contribution in [0.25, 0.3) is 0 Å². The van der Waals surface area contributed by atoms with Crippen LogP contribution in [-0.4, -0.2) is 35.4 Å². The monoisotopic (exact) mass is 409 g/mol. The summed E-state index contributed by atoms with van der Waals surface area (Å²) in [4.78, 5) is 24.8. The summed E-state index contributed by atoms with van der Waals surface area (Å²) in [7, 11) is 0. The lowest BCUT2D eigenvalue weighted by atomic mass is 9.65. The molecule has 0 aromatic heterocycles. The van der Waals surface area contributed by atoms with E-state index < -0.39 is 49.4 Å². The van der Waals surface area contributed by atoms with Crippen molar-refractivity contribution in [1.82, 2.24) is 0 Å². The molecule has 3 aliphatic rings. The molecule has 1 heterocycles. The average Bonchev–Trinajstić information content (AvgIpc) is 2.71. The van der Waals surface area contributed by atoms with Gasteiger partial charge in [-0.05, 0) is 49.0 Å². The minimum Gasteiger partial charge on any atom is -0.462 e. The zero-order valence-electron chi connectivity index (χ0n) is 22.5. The van der Waals surface area contributed by atoms with Crippen LogP contribution in [0.5, 0.6) is 0 Å². The minimum atomic E-state index is -2.42. The molecule has 0 spiro atoms. The summed E-state index contributed by atoms with van der Waals surface area (Å²) in [5.74, 6) is -2.61. The molecular formula is C24H36O5. The van der Waals surface area contributed by atoms with Crippen molar-refractivity contribution in [2.24, 2.45) is 29.6 Å². The molecule has 1 fully saturated rings. The van der Waals surface area contributed by atoms with E-state index in [0.29, 0.717) is 19.3 Å². The fourth-order valence-electron chi connectivity index (χ4n) is 4.85. The van der Waals surface area contributed by atoms with E-state index in [2.05, 4.69) is 25.2 Å². The van der Waals surface area contributed by atoms with Gasteiger partial charge in [0.25, 0.3) is 0 Å². The predicted molar refractivity (Wildman–Crippen MR) is 111 cm³/mol. The molecular weight excluding hydrogens is 368 g/mol. The van der Waals surface area contributed by atoms with Crippen molar-refractivity contribution in [2.75, 3.05) is 0 Å². The fourth-order valence-corrected chi connectivity index (χ4v) is 4.85. The minimum absolute atomic E-state index is 0.0370. The Morgan fingerprint density at radius 2 is 2.21 bits per heavy atom. The van der Waals surface area contributed by atoms with Crippen molar-refractivity contribution >= 4 is 11.9 Å². The number of fused-ring (bicyclic) bond motifs is 1. The summed E-state index contributed by atoms with van der Waals surface area (Å²) >= 11 is 0. The molecule has 0 bridgehead atoms. The van der Waals surface area contributed by atoms with Crippen molar-refractivity contribution in [3.63, 3.8) is 0 Å². The standard InChI is InChI=1S/C24H36O5/c1-5-15(3)24(27)29-21-11-14(2)10-17-7-6-16(4)20(23(17)21)9-8-19-12-18(25)13-22(26)28-19/h6-7,10,14-16,18-21,23,25H,5,8-9,11-13H2,1-4H3/t14-,15-,16-,18+,19?,20-,21-,23-/m0/s1/i3D3,13D2. The van der Waals surface area contributed by atoms with Crippen LogP contribution in [0.4, 0.5) is 0 Å². The van der Waals surface area contributed by atoms with Crippen LogP contribution < -0.4 is 0 Å². The molecule has 1 unspecified atom stereocenters. The summed E-state index contributed by atoms with van der Waals surface area (Å²) in [5, 5.41) is 10.1. The van der Waals surface area contributed by atoms with E-state index in [0.717, 1.165) is 5.57 Å². The van der Waals surface area contributed by atoms with Crippen LogP contribution in [0.1, 0.15) is 73.0 Å². The summed E-state index contributed by atoms with van der Waals surface area (Å²) in [6, 6.07) is 0. The van der Waals surface area contributed by atoms with Crippen LogP contribution in [0, 0.1) is 29.6 Å². The first kappa shape index (κ1) is 16.1. The van der Waals surface area contributed by atoms with Crippen LogP contribution in [0.3, 0.4) is 0 Å². The van der Waals surface area contributed by atoms with Crippen molar-refractivity contribution in [2.45, 2.75) is 84.4 Å². The smallest absolute Gasteiger partial charge is 0.308 e. The summed E-state index contributed by atoms with van der Waals surface area (Å²) < 4.78 is 49.5. The second-order valence-electron chi connectivity index (χ2n) is 8.72. The van der Waals surface area contributed by atoms with E-state index in [4.69, 9.17) is 16.3 Å². The maximum atomic E-state index is 12.9. The molecule has 1 aliphatic heterocycles. The number of hydrogen-bond donors (Lipinski definition) is 1. The maximum absolute atomic E-state index is 12.9. The largest absolute Gasteiger partial charge is 0.462 e. The SMILES string of the molecule is [2H]C([2H])([2H])[C@@H](CC)C(=O)O[C@H]1C[C@@H](C)C=C2C=C[C@H](C)[C@H](CCC3C[C@@H](O)C([2H])([2H])C(=O)O3)[C@H]21. The molecule has 3 rings (SSSR count). The van der Waals surface area contributed by atoms with Gasteiger partial charge in [0.15, 0.2) is 0 Å². The topological polar surface area (TPSA) is 72.8 Å². The number of rotatable bonds is 6. The zero-order valence-corrected chi connectivity index (χ0v) is 17.5. The number of hydrogen-bond acceptors (Lipinski definition) is 5. The molecule has 2 aliphatic carbocycles. The lowest BCUT2D eigenvalue weighted by Crippen LogP contribution is -2.42. The van der Waals surface area contributed by atoms with Crippen molar-refractivity contribution < 1.29 is 31.0 Å². The van der Waals surface area contributed by atoms with E-state index >= 15 is 0 Å². The number of ether oxygens (including phenoxy) is 2. The number of aliphatic hydroxyl groups is 1. The molecule has 5 nitrogen and oxygen atoms in total. The van der Waals surface area contributed by atoms with E-state index in [9.17, 15) is 14.7 Å². The highest BCUT2D eigenvalue weighted by Crippen LogP contribution is 2.45. The highest BCUT2D eigenvalue weighted by Gasteiger charge is 2.42.